The van der Waals surface area contributed by atoms with Crippen molar-refractivity contribution in [2.24, 2.45) is 0 Å². The second kappa shape index (κ2) is 4.48. The molecule has 2 heterocycles. The number of rotatable bonds is 3. The normalized spacial score (nSPS) is 11.9. The van der Waals surface area contributed by atoms with E-state index in [1.807, 2.05) is 30.3 Å². The number of H-pyrrole nitrogens is 1. The van der Waals surface area contributed by atoms with Crippen LogP contribution in [0.15, 0.2) is 45.6 Å². The molecule has 0 unspecified atom stereocenters. The summed E-state index contributed by atoms with van der Waals surface area (Å²) >= 11 is 0. The van der Waals surface area contributed by atoms with Gasteiger partial charge in [0.2, 0.25) is 0 Å². The van der Waals surface area contributed by atoms with Crippen molar-refractivity contribution < 1.29 is 8.81 Å². The maximum atomic E-state index is 12.6. The minimum atomic E-state index is -0.460. The van der Waals surface area contributed by atoms with E-state index in [2.05, 4.69) is 9.55 Å². The number of aromatic nitrogens is 2. The fraction of sp³-hybridized carbons (Fsp3) is 0.188. The molecule has 0 amide bonds. The highest BCUT2D eigenvalue weighted by Gasteiger charge is 2.15. The van der Waals surface area contributed by atoms with Gasteiger partial charge in [-0.05, 0) is 24.6 Å². The van der Waals surface area contributed by atoms with E-state index < -0.39 is 5.76 Å². The second-order valence-corrected chi connectivity index (χ2v) is 5.06. The SMILES string of the molecule is O=c1[nH]c2c(ccc3c2c2ccccc2n3CCCF)o1. The number of hydrogen-bond acceptors (Lipinski definition) is 2. The van der Waals surface area contributed by atoms with Crippen LogP contribution in [0.25, 0.3) is 32.9 Å². The Kier molecular flexibility index (Phi) is 2.60. The summed E-state index contributed by atoms with van der Waals surface area (Å²) < 4.78 is 19.8. The molecule has 0 aliphatic carbocycles. The van der Waals surface area contributed by atoms with E-state index >= 15 is 0 Å². The molecule has 5 heteroatoms. The number of aryl methyl sites for hydroxylation is 1. The van der Waals surface area contributed by atoms with Crippen molar-refractivity contribution >= 4 is 32.9 Å². The van der Waals surface area contributed by atoms with Crippen LogP contribution < -0.4 is 5.76 Å². The van der Waals surface area contributed by atoms with Gasteiger partial charge in [0, 0.05) is 22.8 Å². The Morgan fingerprint density at radius 1 is 1.14 bits per heavy atom. The molecule has 4 nitrogen and oxygen atoms in total. The molecule has 1 N–H and O–H groups in total. The molecule has 0 saturated carbocycles. The molecule has 0 fully saturated rings. The number of nitrogens with one attached hydrogen (secondary N) is 1. The van der Waals surface area contributed by atoms with Crippen molar-refractivity contribution in [3.05, 3.63) is 46.9 Å². The van der Waals surface area contributed by atoms with Crippen molar-refractivity contribution in [3.63, 3.8) is 0 Å². The highest BCUT2D eigenvalue weighted by Crippen LogP contribution is 2.33. The fourth-order valence-electron chi connectivity index (χ4n) is 3.02. The number of nitrogens with zero attached hydrogens (tertiary/aromatic N) is 1. The predicted molar refractivity (Wildman–Crippen MR) is 80.4 cm³/mol. The molecule has 0 bridgehead atoms. The summed E-state index contributed by atoms with van der Waals surface area (Å²) in [6.07, 6.45) is 0.466. The molecule has 0 saturated heterocycles. The van der Waals surface area contributed by atoms with Crippen LogP contribution in [0.2, 0.25) is 0 Å². The summed E-state index contributed by atoms with van der Waals surface area (Å²) in [5.41, 5.74) is 3.26. The summed E-state index contributed by atoms with van der Waals surface area (Å²) in [4.78, 5) is 14.2. The summed E-state index contributed by atoms with van der Waals surface area (Å²) in [5.74, 6) is -0.460. The minimum absolute atomic E-state index is 0.348. The van der Waals surface area contributed by atoms with Crippen molar-refractivity contribution in [3.8, 4) is 0 Å². The Morgan fingerprint density at radius 3 is 2.86 bits per heavy atom. The number of alkyl halides is 1. The molecule has 106 valence electrons. The molecule has 2 aromatic carbocycles. The third-order valence-electron chi connectivity index (χ3n) is 3.85. The van der Waals surface area contributed by atoms with Crippen LogP contribution in [0.3, 0.4) is 0 Å². The van der Waals surface area contributed by atoms with E-state index in [9.17, 15) is 9.18 Å². The first-order valence-corrected chi connectivity index (χ1v) is 6.88. The monoisotopic (exact) mass is 284 g/mol. The van der Waals surface area contributed by atoms with Gasteiger partial charge in [0.15, 0.2) is 5.58 Å². The maximum Gasteiger partial charge on any atom is 0.417 e. The van der Waals surface area contributed by atoms with Crippen LogP contribution in [0.5, 0.6) is 0 Å². The molecule has 0 spiro atoms. The molecule has 4 rings (SSSR count). The second-order valence-electron chi connectivity index (χ2n) is 5.06. The van der Waals surface area contributed by atoms with E-state index in [1.165, 1.54) is 0 Å². The van der Waals surface area contributed by atoms with Crippen LogP contribution in [-0.2, 0) is 6.54 Å². The fourth-order valence-corrected chi connectivity index (χ4v) is 3.02. The Hall–Kier alpha value is -2.56. The number of benzene rings is 2. The lowest BCUT2D eigenvalue weighted by Gasteiger charge is -2.05. The summed E-state index contributed by atoms with van der Waals surface area (Å²) in [6, 6.07) is 11.6. The topological polar surface area (TPSA) is 50.9 Å². The lowest BCUT2D eigenvalue weighted by molar-refractivity contribution is 0.452. The number of hydrogen-bond donors (Lipinski definition) is 1. The Labute approximate surface area is 118 Å². The maximum absolute atomic E-state index is 12.6. The average molecular weight is 284 g/mol. The zero-order chi connectivity index (χ0) is 14.4. The van der Waals surface area contributed by atoms with Crippen molar-refractivity contribution in [1.82, 2.24) is 9.55 Å². The highest BCUT2D eigenvalue weighted by atomic mass is 19.1. The summed E-state index contributed by atoms with van der Waals surface area (Å²) in [7, 11) is 0. The van der Waals surface area contributed by atoms with Gasteiger partial charge in [0.25, 0.3) is 0 Å². The van der Waals surface area contributed by atoms with E-state index in [4.69, 9.17) is 4.42 Å². The molecule has 0 atom stereocenters. The first kappa shape index (κ1) is 12.2. The molecule has 0 aliphatic rings. The number of fused-ring (bicyclic) bond motifs is 5. The van der Waals surface area contributed by atoms with E-state index in [0.717, 1.165) is 21.8 Å². The molecular formula is C16H13FN2O2. The molecule has 2 aromatic heterocycles. The van der Waals surface area contributed by atoms with Crippen LogP contribution in [-0.4, -0.2) is 16.2 Å². The van der Waals surface area contributed by atoms with E-state index in [0.29, 0.717) is 24.1 Å². The first-order valence-electron chi connectivity index (χ1n) is 6.88. The quantitative estimate of drug-likeness (QED) is 0.625. The average Bonchev–Trinajstić information content (AvgIpc) is 3.02. The largest absolute Gasteiger partial charge is 0.417 e. The van der Waals surface area contributed by atoms with Crippen LogP contribution in [0, 0.1) is 0 Å². The number of halogens is 1. The third kappa shape index (κ3) is 1.70. The van der Waals surface area contributed by atoms with Crippen LogP contribution in [0.1, 0.15) is 6.42 Å². The Bertz CT molecular complexity index is 1010. The Balaban J connectivity index is 2.20. The number of aromatic amines is 1. The Morgan fingerprint density at radius 2 is 2.00 bits per heavy atom. The van der Waals surface area contributed by atoms with E-state index in [-0.39, 0.29) is 6.67 Å². The van der Waals surface area contributed by atoms with E-state index in [1.54, 1.807) is 6.07 Å². The lowest BCUT2D eigenvalue weighted by Crippen LogP contribution is -1.98. The van der Waals surface area contributed by atoms with Gasteiger partial charge in [0.1, 0.15) is 0 Å². The van der Waals surface area contributed by atoms with Crippen molar-refractivity contribution in [2.75, 3.05) is 6.67 Å². The molecule has 21 heavy (non-hydrogen) atoms. The smallest absolute Gasteiger partial charge is 0.408 e. The number of para-hydroxylation sites is 1. The minimum Gasteiger partial charge on any atom is -0.408 e. The molecule has 0 radical (unpaired) electrons. The zero-order valence-electron chi connectivity index (χ0n) is 11.2. The van der Waals surface area contributed by atoms with Gasteiger partial charge in [-0.2, -0.15) is 0 Å². The summed E-state index contributed by atoms with van der Waals surface area (Å²) in [6.45, 7) is 0.257. The third-order valence-corrected chi connectivity index (χ3v) is 3.85. The standard InChI is InChI=1S/C16H13FN2O2/c17-8-3-9-19-11-5-2-1-4-10(11)14-12(19)6-7-13-15(14)18-16(20)21-13/h1-2,4-7H,3,8-9H2,(H,18,20). The lowest BCUT2D eigenvalue weighted by atomic mass is 10.1. The predicted octanol–water partition coefficient (Wildman–Crippen LogP) is 3.59. The first-order chi connectivity index (χ1) is 10.3. The highest BCUT2D eigenvalue weighted by molar-refractivity contribution is 6.18. The molecular weight excluding hydrogens is 271 g/mol. The van der Waals surface area contributed by atoms with Gasteiger partial charge in [-0.1, -0.05) is 18.2 Å². The van der Waals surface area contributed by atoms with Crippen LogP contribution in [0.4, 0.5) is 4.39 Å². The van der Waals surface area contributed by atoms with Gasteiger partial charge < -0.3 is 8.98 Å². The van der Waals surface area contributed by atoms with Gasteiger partial charge in [0.05, 0.1) is 17.7 Å². The summed E-state index contributed by atoms with van der Waals surface area (Å²) in [5, 5.41) is 1.99. The van der Waals surface area contributed by atoms with Gasteiger partial charge in [-0.15, -0.1) is 0 Å². The van der Waals surface area contributed by atoms with Gasteiger partial charge in [-0.3, -0.25) is 9.37 Å². The molecule has 0 aliphatic heterocycles. The number of oxazole rings is 1. The zero-order valence-corrected chi connectivity index (χ0v) is 11.2. The van der Waals surface area contributed by atoms with Gasteiger partial charge in [-0.25, -0.2) is 4.79 Å². The molecule has 4 aromatic rings. The van der Waals surface area contributed by atoms with Crippen molar-refractivity contribution in [2.45, 2.75) is 13.0 Å². The van der Waals surface area contributed by atoms with Gasteiger partial charge >= 0.3 is 5.76 Å². The van der Waals surface area contributed by atoms with Crippen molar-refractivity contribution in [1.29, 1.82) is 0 Å². The van der Waals surface area contributed by atoms with Crippen LogP contribution >= 0.6 is 0 Å².